The summed E-state index contributed by atoms with van der Waals surface area (Å²) in [5.74, 6) is -0.502. The molecule has 0 fully saturated rings. The van der Waals surface area contributed by atoms with Gasteiger partial charge in [-0.2, -0.15) is 0 Å². The van der Waals surface area contributed by atoms with Crippen LogP contribution in [0.3, 0.4) is 0 Å². The number of nitrogens with zero attached hydrogens (tertiary/aromatic N) is 3. The maximum absolute atomic E-state index is 13.2. The molecule has 29 heavy (non-hydrogen) atoms. The fourth-order valence-electron chi connectivity index (χ4n) is 3.27. The van der Waals surface area contributed by atoms with Crippen molar-refractivity contribution in [3.63, 3.8) is 0 Å². The van der Waals surface area contributed by atoms with Gasteiger partial charge in [0.05, 0.1) is 23.5 Å². The summed E-state index contributed by atoms with van der Waals surface area (Å²) in [5, 5.41) is 3.07. The minimum Gasteiger partial charge on any atom is -0.345 e. The summed E-state index contributed by atoms with van der Waals surface area (Å²) in [6.45, 7) is 2.01. The molecule has 4 rings (SSSR count). The number of rotatable bonds is 5. The van der Waals surface area contributed by atoms with Crippen LogP contribution in [0.25, 0.3) is 16.9 Å². The van der Waals surface area contributed by atoms with Gasteiger partial charge in [0.1, 0.15) is 16.1 Å². The van der Waals surface area contributed by atoms with Gasteiger partial charge >= 0.3 is 0 Å². The zero-order valence-corrected chi connectivity index (χ0v) is 17.2. The Hall–Kier alpha value is -3.06. The van der Waals surface area contributed by atoms with E-state index in [9.17, 15) is 9.18 Å². The topological polar surface area (TPSA) is 59.3 Å². The van der Waals surface area contributed by atoms with Crippen molar-refractivity contribution >= 4 is 27.5 Å². The quantitative estimate of drug-likeness (QED) is 0.424. The Morgan fingerprint density at radius 1 is 1.14 bits per heavy atom. The molecule has 0 aliphatic carbocycles. The fourth-order valence-corrected chi connectivity index (χ4v) is 3.51. The van der Waals surface area contributed by atoms with Gasteiger partial charge in [-0.1, -0.05) is 13.0 Å². The Balaban J connectivity index is 1.66. The number of fused-ring (bicyclic) bond motifs is 1. The molecule has 0 saturated carbocycles. The molecular formula is C22H18BrFN4O. The van der Waals surface area contributed by atoms with Crippen molar-refractivity contribution in [2.75, 3.05) is 0 Å². The van der Waals surface area contributed by atoms with Crippen molar-refractivity contribution in [3.8, 4) is 11.3 Å². The first-order chi connectivity index (χ1) is 14.1. The summed E-state index contributed by atoms with van der Waals surface area (Å²) in [5.41, 5.74) is 3.58. The van der Waals surface area contributed by atoms with E-state index in [0.717, 1.165) is 27.8 Å². The second-order valence-electron chi connectivity index (χ2n) is 6.61. The van der Waals surface area contributed by atoms with E-state index in [1.165, 1.54) is 12.1 Å². The number of amides is 1. The van der Waals surface area contributed by atoms with E-state index in [2.05, 4.69) is 31.2 Å². The highest BCUT2D eigenvalue weighted by Crippen LogP contribution is 2.24. The molecule has 1 atom stereocenters. The molecule has 1 N–H and O–H groups in total. The Kier molecular flexibility index (Phi) is 5.40. The average molecular weight is 453 g/mol. The van der Waals surface area contributed by atoms with Gasteiger partial charge < -0.3 is 5.32 Å². The Morgan fingerprint density at radius 3 is 2.62 bits per heavy atom. The summed E-state index contributed by atoms with van der Waals surface area (Å²) in [6, 6.07) is 13.4. The summed E-state index contributed by atoms with van der Waals surface area (Å²) >= 11 is 3.33. The van der Waals surface area contributed by atoms with Crippen LogP contribution in [0.1, 0.15) is 35.3 Å². The molecule has 0 radical (unpaired) electrons. The van der Waals surface area contributed by atoms with Gasteiger partial charge in [-0.25, -0.2) is 14.4 Å². The molecule has 5 nitrogen and oxygen atoms in total. The third-order valence-electron chi connectivity index (χ3n) is 4.79. The van der Waals surface area contributed by atoms with Gasteiger partial charge in [0.15, 0.2) is 0 Å². The number of halogens is 2. The molecule has 0 aliphatic heterocycles. The van der Waals surface area contributed by atoms with Crippen LogP contribution in [0.2, 0.25) is 0 Å². The molecular weight excluding hydrogens is 435 g/mol. The summed E-state index contributed by atoms with van der Waals surface area (Å²) in [6.07, 6.45) is 6.01. The molecule has 7 heteroatoms. The predicted molar refractivity (Wildman–Crippen MR) is 113 cm³/mol. The van der Waals surface area contributed by atoms with Gasteiger partial charge in [0, 0.05) is 18.0 Å². The number of nitrogens with one attached hydrogen (secondary N) is 1. The van der Waals surface area contributed by atoms with Crippen LogP contribution in [-0.2, 0) is 0 Å². The van der Waals surface area contributed by atoms with Gasteiger partial charge in [-0.3, -0.25) is 9.20 Å². The number of carbonyl (C=O) groups is 1. The lowest BCUT2D eigenvalue weighted by atomic mass is 10.1. The Labute approximate surface area is 175 Å². The zero-order chi connectivity index (χ0) is 20.4. The lowest BCUT2D eigenvalue weighted by molar-refractivity contribution is 0.0936. The van der Waals surface area contributed by atoms with Crippen molar-refractivity contribution in [1.82, 2.24) is 19.7 Å². The number of hydrogen-bond donors (Lipinski definition) is 1. The van der Waals surface area contributed by atoms with E-state index in [1.54, 1.807) is 36.7 Å². The second kappa shape index (κ2) is 8.13. The number of imidazole rings is 1. The fraction of sp³-hybridized carbons (Fsp3) is 0.136. The van der Waals surface area contributed by atoms with Crippen LogP contribution < -0.4 is 5.32 Å². The van der Waals surface area contributed by atoms with Crippen LogP contribution in [-0.4, -0.2) is 20.3 Å². The minimum absolute atomic E-state index is 0.158. The van der Waals surface area contributed by atoms with Crippen LogP contribution >= 0.6 is 15.9 Å². The number of benzene rings is 1. The van der Waals surface area contributed by atoms with E-state index in [4.69, 9.17) is 0 Å². The molecule has 4 aromatic rings. The first-order valence-corrected chi connectivity index (χ1v) is 10.0. The third-order valence-corrected chi connectivity index (χ3v) is 5.26. The van der Waals surface area contributed by atoms with Crippen LogP contribution in [0.15, 0.2) is 71.7 Å². The van der Waals surface area contributed by atoms with E-state index >= 15 is 0 Å². The largest absolute Gasteiger partial charge is 0.345 e. The number of aromatic nitrogens is 3. The maximum Gasteiger partial charge on any atom is 0.255 e. The van der Waals surface area contributed by atoms with Crippen molar-refractivity contribution in [2.24, 2.45) is 0 Å². The van der Waals surface area contributed by atoms with Crippen molar-refractivity contribution < 1.29 is 9.18 Å². The lowest BCUT2D eigenvalue weighted by Crippen LogP contribution is -2.28. The van der Waals surface area contributed by atoms with E-state index in [1.807, 2.05) is 29.7 Å². The molecule has 0 bridgehead atoms. The van der Waals surface area contributed by atoms with Gasteiger partial charge in [-0.15, -0.1) is 0 Å². The Morgan fingerprint density at radius 2 is 1.93 bits per heavy atom. The molecule has 1 aromatic carbocycles. The SMILES string of the molecule is CC[C@H](NC(=O)c1cccn2c(-c3ccc(F)cc3)cnc12)c1ccc(Br)nc1. The molecule has 0 saturated heterocycles. The highest BCUT2D eigenvalue weighted by Gasteiger charge is 2.18. The monoisotopic (exact) mass is 452 g/mol. The molecule has 0 unspecified atom stereocenters. The third kappa shape index (κ3) is 3.91. The number of hydrogen-bond acceptors (Lipinski definition) is 3. The first-order valence-electron chi connectivity index (χ1n) is 9.21. The molecule has 0 aliphatic rings. The molecule has 3 heterocycles. The molecule has 1 amide bonds. The first kappa shape index (κ1) is 19.3. The molecule has 3 aromatic heterocycles. The molecule has 0 spiro atoms. The highest BCUT2D eigenvalue weighted by atomic mass is 79.9. The number of pyridine rings is 2. The van der Waals surface area contributed by atoms with Crippen molar-refractivity contribution in [2.45, 2.75) is 19.4 Å². The molecule has 146 valence electrons. The normalized spacial score (nSPS) is 12.1. The second-order valence-corrected chi connectivity index (χ2v) is 7.43. The van der Waals surface area contributed by atoms with E-state index < -0.39 is 0 Å². The van der Waals surface area contributed by atoms with E-state index in [0.29, 0.717) is 11.2 Å². The van der Waals surface area contributed by atoms with Gasteiger partial charge in [0.25, 0.3) is 5.91 Å². The zero-order valence-electron chi connectivity index (χ0n) is 15.6. The van der Waals surface area contributed by atoms with Crippen LogP contribution in [0, 0.1) is 5.82 Å². The van der Waals surface area contributed by atoms with Crippen LogP contribution in [0.5, 0.6) is 0 Å². The Bertz CT molecular complexity index is 1160. The van der Waals surface area contributed by atoms with Crippen LogP contribution in [0.4, 0.5) is 4.39 Å². The standard InChI is InChI=1S/C22H18BrFN4O/c1-2-18(15-7-10-20(23)25-12-15)27-22(29)17-4-3-11-28-19(13-26-21(17)28)14-5-8-16(24)9-6-14/h3-13,18H,2H2,1H3,(H,27,29)/t18-/m0/s1. The summed E-state index contributed by atoms with van der Waals surface area (Å²) < 4.78 is 15.8. The predicted octanol–water partition coefficient (Wildman–Crippen LogP) is 5.18. The average Bonchev–Trinajstić information content (AvgIpc) is 3.17. The summed E-state index contributed by atoms with van der Waals surface area (Å²) in [4.78, 5) is 21.7. The number of carbonyl (C=O) groups excluding carboxylic acids is 1. The summed E-state index contributed by atoms with van der Waals surface area (Å²) in [7, 11) is 0. The van der Waals surface area contributed by atoms with Crippen molar-refractivity contribution in [1.29, 1.82) is 0 Å². The van der Waals surface area contributed by atoms with Crippen molar-refractivity contribution in [3.05, 3.63) is 88.7 Å². The smallest absolute Gasteiger partial charge is 0.255 e. The van der Waals surface area contributed by atoms with E-state index in [-0.39, 0.29) is 17.8 Å². The van der Waals surface area contributed by atoms with Gasteiger partial charge in [-0.05, 0) is 70.4 Å². The van der Waals surface area contributed by atoms with Gasteiger partial charge in [0.2, 0.25) is 0 Å². The lowest BCUT2D eigenvalue weighted by Gasteiger charge is -2.17. The highest BCUT2D eigenvalue weighted by molar-refractivity contribution is 9.10. The maximum atomic E-state index is 13.2. The minimum atomic E-state index is -0.296.